The molecule has 0 amide bonds. The average Bonchev–Trinajstić information content (AvgIpc) is 2.28. The number of benzene rings is 2. The van der Waals surface area contributed by atoms with Crippen molar-refractivity contribution in [1.82, 2.24) is 0 Å². The molecule has 0 aliphatic heterocycles. The Balaban J connectivity index is 2.60. The smallest absolute Gasteiger partial charge is 0.0126 e. The van der Waals surface area contributed by atoms with Gasteiger partial charge >= 0.3 is 0 Å². The van der Waals surface area contributed by atoms with Gasteiger partial charge in [0.25, 0.3) is 0 Å². The Morgan fingerprint density at radius 3 is 2.18 bits per heavy atom. The van der Waals surface area contributed by atoms with E-state index in [1.54, 1.807) is 0 Å². The molecular formula is C17H20. The molecular weight excluding hydrogens is 204 g/mol. The summed E-state index contributed by atoms with van der Waals surface area (Å²) >= 11 is 0. The van der Waals surface area contributed by atoms with E-state index in [9.17, 15) is 0 Å². The Morgan fingerprint density at radius 1 is 0.824 bits per heavy atom. The highest BCUT2D eigenvalue weighted by atomic mass is 14.2. The molecule has 0 aliphatic carbocycles. The SMILES string of the molecule is Cc1cccc(-c2ccccc2C(C)(C)C)c1. The molecule has 2 rings (SSSR count). The summed E-state index contributed by atoms with van der Waals surface area (Å²) in [7, 11) is 0. The zero-order chi connectivity index (χ0) is 12.5. The van der Waals surface area contributed by atoms with Crippen molar-refractivity contribution in [2.24, 2.45) is 0 Å². The Bertz CT molecular complexity index is 516. The lowest BCUT2D eigenvalue weighted by atomic mass is 9.82. The molecule has 2 aromatic rings. The fourth-order valence-corrected chi connectivity index (χ4v) is 2.20. The summed E-state index contributed by atoms with van der Waals surface area (Å²) in [5.74, 6) is 0. The van der Waals surface area contributed by atoms with Crippen LogP contribution in [0.25, 0.3) is 11.1 Å². The first kappa shape index (κ1) is 11.9. The molecule has 0 saturated heterocycles. The summed E-state index contributed by atoms with van der Waals surface area (Å²) < 4.78 is 0. The Kier molecular flexibility index (Phi) is 3.06. The van der Waals surface area contributed by atoms with E-state index < -0.39 is 0 Å². The van der Waals surface area contributed by atoms with E-state index in [1.807, 2.05) is 0 Å². The minimum atomic E-state index is 0.181. The molecule has 0 aromatic heterocycles. The van der Waals surface area contributed by atoms with Gasteiger partial charge in [-0.05, 0) is 29.0 Å². The van der Waals surface area contributed by atoms with Crippen molar-refractivity contribution in [3.63, 3.8) is 0 Å². The highest BCUT2D eigenvalue weighted by Crippen LogP contribution is 2.32. The normalized spacial score (nSPS) is 11.5. The molecule has 0 N–H and O–H groups in total. The van der Waals surface area contributed by atoms with Crippen LogP contribution in [0.1, 0.15) is 31.9 Å². The fourth-order valence-electron chi connectivity index (χ4n) is 2.20. The van der Waals surface area contributed by atoms with Gasteiger partial charge in [0.2, 0.25) is 0 Å². The van der Waals surface area contributed by atoms with Gasteiger partial charge < -0.3 is 0 Å². The van der Waals surface area contributed by atoms with E-state index in [2.05, 4.69) is 76.2 Å². The average molecular weight is 224 g/mol. The highest BCUT2D eigenvalue weighted by Gasteiger charge is 2.17. The third-order valence-electron chi connectivity index (χ3n) is 3.06. The Labute approximate surface area is 104 Å². The lowest BCUT2D eigenvalue weighted by Crippen LogP contribution is -2.12. The molecule has 17 heavy (non-hydrogen) atoms. The van der Waals surface area contributed by atoms with Crippen molar-refractivity contribution in [3.8, 4) is 11.1 Å². The molecule has 88 valence electrons. The van der Waals surface area contributed by atoms with Crippen LogP contribution in [0, 0.1) is 6.92 Å². The number of rotatable bonds is 1. The molecule has 0 spiro atoms. The second kappa shape index (κ2) is 4.37. The predicted octanol–water partition coefficient (Wildman–Crippen LogP) is 4.96. The van der Waals surface area contributed by atoms with E-state index in [0.29, 0.717) is 0 Å². The lowest BCUT2D eigenvalue weighted by Gasteiger charge is -2.23. The van der Waals surface area contributed by atoms with Gasteiger partial charge in [-0.2, -0.15) is 0 Å². The molecule has 0 bridgehead atoms. The fraction of sp³-hybridized carbons (Fsp3) is 0.294. The number of hydrogen-bond acceptors (Lipinski definition) is 0. The standard InChI is InChI=1S/C17H20/c1-13-8-7-9-14(12-13)15-10-5-6-11-16(15)17(2,3)4/h5-12H,1-4H3. The van der Waals surface area contributed by atoms with Crippen LogP contribution in [0.15, 0.2) is 48.5 Å². The maximum absolute atomic E-state index is 2.27. The van der Waals surface area contributed by atoms with E-state index in [0.717, 1.165) is 0 Å². The zero-order valence-electron chi connectivity index (χ0n) is 11.1. The topological polar surface area (TPSA) is 0 Å². The minimum absolute atomic E-state index is 0.181. The van der Waals surface area contributed by atoms with Crippen LogP contribution >= 0.6 is 0 Å². The summed E-state index contributed by atoms with van der Waals surface area (Å²) in [4.78, 5) is 0. The van der Waals surface area contributed by atoms with Crippen molar-refractivity contribution < 1.29 is 0 Å². The molecule has 0 radical (unpaired) electrons. The summed E-state index contributed by atoms with van der Waals surface area (Å²) in [6.07, 6.45) is 0. The maximum Gasteiger partial charge on any atom is -0.0126 e. The van der Waals surface area contributed by atoms with Crippen LogP contribution in [0.3, 0.4) is 0 Å². The van der Waals surface area contributed by atoms with E-state index in [4.69, 9.17) is 0 Å². The highest BCUT2D eigenvalue weighted by molar-refractivity contribution is 5.69. The monoisotopic (exact) mass is 224 g/mol. The molecule has 0 heterocycles. The van der Waals surface area contributed by atoms with Crippen molar-refractivity contribution in [2.45, 2.75) is 33.1 Å². The zero-order valence-corrected chi connectivity index (χ0v) is 11.1. The van der Waals surface area contributed by atoms with Gasteiger partial charge in [-0.15, -0.1) is 0 Å². The number of hydrogen-bond donors (Lipinski definition) is 0. The van der Waals surface area contributed by atoms with E-state index >= 15 is 0 Å². The van der Waals surface area contributed by atoms with Crippen molar-refractivity contribution in [3.05, 3.63) is 59.7 Å². The first-order chi connectivity index (χ1) is 7.98. The second-order valence-electron chi connectivity index (χ2n) is 5.67. The second-order valence-corrected chi connectivity index (χ2v) is 5.67. The number of aryl methyl sites for hydroxylation is 1. The van der Waals surface area contributed by atoms with Crippen LogP contribution < -0.4 is 0 Å². The van der Waals surface area contributed by atoms with Gasteiger partial charge in [0.05, 0.1) is 0 Å². The summed E-state index contributed by atoms with van der Waals surface area (Å²) in [6, 6.07) is 17.4. The van der Waals surface area contributed by atoms with Gasteiger partial charge in [-0.1, -0.05) is 74.9 Å². The summed E-state index contributed by atoms with van der Waals surface area (Å²) in [5.41, 5.74) is 5.57. The van der Waals surface area contributed by atoms with Gasteiger partial charge in [0.1, 0.15) is 0 Å². The molecule has 0 unspecified atom stereocenters. The van der Waals surface area contributed by atoms with Crippen LogP contribution in [0.5, 0.6) is 0 Å². The Hall–Kier alpha value is -1.56. The summed E-state index contributed by atoms with van der Waals surface area (Å²) in [5, 5.41) is 0. The molecule has 0 nitrogen and oxygen atoms in total. The van der Waals surface area contributed by atoms with E-state index in [1.165, 1.54) is 22.3 Å². The first-order valence-corrected chi connectivity index (χ1v) is 6.15. The van der Waals surface area contributed by atoms with Gasteiger partial charge in [-0.25, -0.2) is 0 Å². The van der Waals surface area contributed by atoms with Gasteiger partial charge in [0, 0.05) is 0 Å². The molecule has 0 atom stereocenters. The van der Waals surface area contributed by atoms with Crippen molar-refractivity contribution in [2.75, 3.05) is 0 Å². The van der Waals surface area contributed by atoms with Crippen LogP contribution in [0.2, 0.25) is 0 Å². The van der Waals surface area contributed by atoms with Gasteiger partial charge in [0.15, 0.2) is 0 Å². The van der Waals surface area contributed by atoms with Crippen molar-refractivity contribution >= 4 is 0 Å². The van der Waals surface area contributed by atoms with E-state index in [-0.39, 0.29) is 5.41 Å². The van der Waals surface area contributed by atoms with Crippen LogP contribution in [0.4, 0.5) is 0 Å². The molecule has 0 fully saturated rings. The molecule has 2 aromatic carbocycles. The largest absolute Gasteiger partial charge is 0.0619 e. The minimum Gasteiger partial charge on any atom is -0.0619 e. The van der Waals surface area contributed by atoms with Crippen LogP contribution in [-0.2, 0) is 5.41 Å². The first-order valence-electron chi connectivity index (χ1n) is 6.15. The van der Waals surface area contributed by atoms with Crippen molar-refractivity contribution in [1.29, 1.82) is 0 Å². The maximum atomic E-state index is 2.27. The predicted molar refractivity (Wildman–Crippen MR) is 75.3 cm³/mol. The molecule has 0 aliphatic rings. The quantitative estimate of drug-likeness (QED) is 0.642. The summed E-state index contributed by atoms with van der Waals surface area (Å²) in [6.45, 7) is 8.94. The third kappa shape index (κ3) is 2.58. The Morgan fingerprint density at radius 2 is 1.53 bits per heavy atom. The molecule has 0 saturated carbocycles. The third-order valence-corrected chi connectivity index (χ3v) is 3.06. The van der Waals surface area contributed by atoms with Crippen LogP contribution in [-0.4, -0.2) is 0 Å². The lowest BCUT2D eigenvalue weighted by molar-refractivity contribution is 0.592. The molecule has 0 heteroatoms. The van der Waals surface area contributed by atoms with Gasteiger partial charge in [-0.3, -0.25) is 0 Å².